The zero-order valence-electron chi connectivity index (χ0n) is 18.5. The molecule has 174 valence electrons. The molecule has 1 aromatic heterocycles. The summed E-state index contributed by atoms with van der Waals surface area (Å²) in [5.74, 6) is -0.454. The number of aryl methyl sites for hydroxylation is 1. The van der Waals surface area contributed by atoms with Crippen molar-refractivity contribution in [3.8, 4) is 5.75 Å². The maximum absolute atomic E-state index is 12.9. The van der Waals surface area contributed by atoms with Crippen molar-refractivity contribution in [1.29, 1.82) is 0 Å². The summed E-state index contributed by atoms with van der Waals surface area (Å²) in [6.07, 6.45) is 1.51. The third-order valence-electron chi connectivity index (χ3n) is 5.11. The Morgan fingerprint density at radius 1 is 1.12 bits per heavy atom. The van der Waals surface area contributed by atoms with E-state index in [1.807, 2.05) is 31.2 Å². The van der Waals surface area contributed by atoms with Crippen LogP contribution >= 0.6 is 11.6 Å². The van der Waals surface area contributed by atoms with Gasteiger partial charge in [-0.25, -0.2) is 9.59 Å². The number of benzene rings is 2. The lowest BCUT2D eigenvalue weighted by atomic mass is 10.1. The van der Waals surface area contributed by atoms with E-state index in [0.717, 1.165) is 16.0 Å². The van der Waals surface area contributed by atoms with Crippen LogP contribution in [-0.2, 0) is 22.7 Å². The molecule has 1 N–H and O–H groups in total. The van der Waals surface area contributed by atoms with Crippen LogP contribution in [0, 0.1) is 6.92 Å². The number of hydrogen-bond acceptors (Lipinski definition) is 6. The first-order chi connectivity index (χ1) is 16.3. The first kappa shape index (κ1) is 23.1. The molecule has 1 aliphatic heterocycles. The predicted octanol–water partition coefficient (Wildman–Crippen LogP) is 4.70. The van der Waals surface area contributed by atoms with Crippen LogP contribution in [0.2, 0.25) is 5.02 Å². The lowest BCUT2D eigenvalue weighted by Gasteiger charge is -2.11. The summed E-state index contributed by atoms with van der Waals surface area (Å²) in [6, 6.07) is 15.3. The van der Waals surface area contributed by atoms with Gasteiger partial charge >= 0.3 is 12.0 Å². The molecule has 4 rings (SSSR count). The molecule has 2 aromatic carbocycles. The highest BCUT2D eigenvalue weighted by Gasteiger charge is 2.34. The van der Waals surface area contributed by atoms with Crippen molar-refractivity contribution in [1.82, 2.24) is 10.2 Å². The van der Waals surface area contributed by atoms with E-state index in [1.54, 1.807) is 18.2 Å². The first-order valence-corrected chi connectivity index (χ1v) is 10.7. The van der Waals surface area contributed by atoms with Crippen molar-refractivity contribution in [2.24, 2.45) is 0 Å². The molecule has 0 bridgehead atoms. The summed E-state index contributed by atoms with van der Waals surface area (Å²) in [6.45, 7) is 2.19. The number of carbonyl (C=O) groups excluding carboxylic acids is 3. The van der Waals surface area contributed by atoms with Crippen molar-refractivity contribution in [3.63, 3.8) is 0 Å². The Kier molecular flexibility index (Phi) is 6.70. The molecule has 0 saturated carbocycles. The Morgan fingerprint density at radius 2 is 1.88 bits per heavy atom. The highest BCUT2D eigenvalue weighted by molar-refractivity contribution is 6.30. The van der Waals surface area contributed by atoms with Crippen LogP contribution in [0.15, 0.2) is 64.7 Å². The molecule has 2 heterocycles. The van der Waals surface area contributed by atoms with Gasteiger partial charge in [-0.2, -0.15) is 0 Å². The molecular formula is C25H21ClN2O6. The fourth-order valence-corrected chi connectivity index (χ4v) is 3.49. The molecule has 1 saturated heterocycles. The fraction of sp³-hybridized carbons (Fsp3) is 0.160. The van der Waals surface area contributed by atoms with Crippen LogP contribution in [0.1, 0.15) is 33.0 Å². The third-order valence-corrected chi connectivity index (χ3v) is 5.35. The van der Waals surface area contributed by atoms with Crippen molar-refractivity contribution in [2.45, 2.75) is 20.1 Å². The Morgan fingerprint density at radius 3 is 2.62 bits per heavy atom. The number of furan rings is 1. The van der Waals surface area contributed by atoms with Crippen molar-refractivity contribution in [2.75, 3.05) is 7.11 Å². The number of ether oxygens (including phenoxy) is 2. The van der Waals surface area contributed by atoms with E-state index in [9.17, 15) is 14.4 Å². The van der Waals surface area contributed by atoms with Crippen LogP contribution in [0.5, 0.6) is 5.75 Å². The molecule has 0 radical (unpaired) electrons. The molecular weight excluding hydrogens is 460 g/mol. The number of nitrogens with one attached hydrogen (secondary N) is 1. The number of amides is 3. The second-order valence-electron chi connectivity index (χ2n) is 7.59. The van der Waals surface area contributed by atoms with Crippen LogP contribution in [0.4, 0.5) is 4.79 Å². The second kappa shape index (κ2) is 9.84. The first-order valence-electron chi connectivity index (χ1n) is 10.3. The molecule has 0 aliphatic carbocycles. The maximum atomic E-state index is 12.9. The van der Waals surface area contributed by atoms with Crippen molar-refractivity contribution >= 4 is 35.6 Å². The molecule has 3 amide bonds. The van der Waals surface area contributed by atoms with E-state index >= 15 is 0 Å². The highest BCUT2D eigenvalue weighted by Crippen LogP contribution is 2.27. The van der Waals surface area contributed by atoms with Crippen molar-refractivity contribution < 1.29 is 28.3 Å². The average molecular weight is 481 g/mol. The number of hydrogen-bond donors (Lipinski definition) is 1. The number of carbonyl (C=O) groups is 3. The van der Waals surface area contributed by atoms with Gasteiger partial charge in [0.1, 0.15) is 23.8 Å². The smallest absolute Gasteiger partial charge is 0.373 e. The van der Waals surface area contributed by atoms with Gasteiger partial charge in [-0.15, -0.1) is 0 Å². The predicted molar refractivity (Wildman–Crippen MR) is 124 cm³/mol. The minimum atomic E-state index is -0.650. The lowest BCUT2D eigenvalue weighted by Crippen LogP contribution is -2.30. The molecule has 1 aliphatic rings. The minimum absolute atomic E-state index is 0.0189. The number of halogens is 1. The molecule has 34 heavy (non-hydrogen) atoms. The molecule has 3 aromatic rings. The van der Waals surface area contributed by atoms with Crippen LogP contribution in [0.25, 0.3) is 6.08 Å². The normalized spacial score (nSPS) is 14.4. The molecule has 8 nitrogen and oxygen atoms in total. The number of imide groups is 1. The van der Waals surface area contributed by atoms with Gasteiger partial charge in [0.15, 0.2) is 0 Å². The molecule has 0 unspecified atom stereocenters. The third kappa shape index (κ3) is 5.13. The van der Waals surface area contributed by atoms with E-state index in [4.69, 9.17) is 20.8 Å². The van der Waals surface area contributed by atoms with Crippen LogP contribution in [-0.4, -0.2) is 29.9 Å². The summed E-state index contributed by atoms with van der Waals surface area (Å²) in [4.78, 5) is 37.9. The van der Waals surface area contributed by atoms with Gasteiger partial charge in [0.25, 0.3) is 5.91 Å². The molecule has 0 spiro atoms. The van der Waals surface area contributed by atoms with Gasteiger partial charge in [0, 0.05) is 10.6 Å². The maximum Gasteiger partial charge on any atom is 0.373 e. The summed E-state index contributed by atoms with van der Waals surface area (Å²) in [5, 5.41) is 3.01. The minimum Gasteiger partial charge on any atom is -0.488 e. The topological polar surface area (TPSA) is 98.1 Å². The Labute approximate surface area is 200 Å². The van der Waals surface area contributed by atoms with Crippen molar-refractivity contribution in [3.05, 3.63) is 93.5 Å². The summed E-state index contributed by atoms with van der Waals surface area (Å²) in [5.41, 5.74) is 2.74. The van der Waals surface area contributed by atoms with E-state index in [2.05, 4.69) is 10.1 Å². The van der Waals surface area contributed by atoms with Gasteiger partial charge < -0.3 is 19.2 Å². The van der Waals surface area contributed by atoms with E-state index in [1.165, 1.54) is 25.3 Å². The molecule has 1 fully saturated rings. The van der Waals surface area contributed by atoms with Gasteiger partial charge in [0.05, 0.1) is 13.7 Å². The Bertz CT molecular complexity index is 1280. The van der Waals surface area contributed by atoms with E-state index < -0.39 is 17.9 Å². The zero-order valence-corrected chi connectivity index (χ0v) is 19.2. The Hall–Kier alpha value is -4.04. The summed E-state index contributed by atoms with van der Waals surface area (Å²) >= 11 is 6.16. The van der Waals surface area contributed by atoms with Gasteiger partial charge in [0.2, 0.25) is 5.76 Å². The quantitative estimate of drug-likeness (QED) is 0.299. The molecule has 9 heteroatoms. The standard InChI is InChI=1S/C25H21ClN2O6/c1-15-3-5-16(6-4-15)14-33-21-9-7-18(26)11-17(21)12-20-23(29)28(25(31)27-20)13-19-8-10-22(34-19)24(30)32-2/h3-12H,13-14H2,1-2H3,(H,27,31)/b20-12-. The summed E-state index contributed by atoms with van der Waals surface area (Å²) < 4.78 is 15.9. The zero-order chi connectivity index (χ0) is 24.2. The monoisotopic (exact) mass is 480 g/mol. The SMILES string of the molecule is COC(=O)c1ccc(CN2C(=O)N/C(=C\c3cc(Cl)ccc3OCc3ccc(C)cc3)C2=O)o1. The highest BCUT2D eigenvalue weighted by atomic mass is 35.5. The Balaban J connectivity index is 1.52. The second-order valence-corrected chi connectivity index (χ2v) is 8.03. The number of nitrogens with zero attached hydrogens (tertiary/aromatic N) is 1. The number of rotatable bonds is 7. The van der Waals surface area contributed by atoms with Gasteiger partial charge in [-0.1, -0.05) is 41.4 Å². The van der Waals surface area contributed by atoms with E-state index in [0.29, 0.717) is 22.9 Å². The van der Waals surface area contributed by atoms with Crippen LogP contribution in [0.3, 0.4) is 0 Å². The molecule has 0 atom stereocenters. The van der Waals surface area contributed by atoms with Gasteiger partial charge in [-0.3, -0.25) is 9.69 Å². The number of urea groups is 1. The largest absolute Gasteiger partial charge is 0.488 e. The fourth-order valence-electron chi connectivity index (χ4n) is 3.31. The van der Waals surface area contributed by atoms with Gasteiger partial charge in [-0.05, 0) is 48.9 Å². The van der Waals surface area contributed by atoms with E-state index in [-0.39, 0.29) is 23.8 Å². The number of esters is 1. The summed E-state index contributed by atoms with van der Waals surface area (Å²) in [7, 11) is 1.23. The van der Waals surface area contributed by atoms with Crippen LogP contribution < -0.4 is 10.1 Å². The lowest BCUT2D eigenvalue weighted by molar-refractivity contribution is -0.123. The number of methoxy groups -OCH3 is 1. The average Bonchev–Trinajstić information content (AvgIpc) is 3.39.